The summed E-state index contributed by atoms with van der Waals surface area (Å²) in [7, 11) is 1.58. The maximum absolute atomic E-state index is 13.5. The zero-order chi connectivity index (χ0) is 24.9. The highest BCUT2D eigenvalue weighted by molar-refractivity contribution is 6.33. The van der Waals surface area contributed by atoms with Gasteiger partial charge in [-0.1, -0.05) is 36.4 Å². The number of rotatable bonds is 8. The Morgan fingerprint density at radius 2 is 1.94 bits per heavy atom. The first kappa shape index (κ1) is 24.3. The number of piperidine rings is 1. The van der Waals surface area contributed by atoms with Crippen LogP contribution in [0.2, 0.25) is 5.02 Å². The van der Waals surface area contributed by atoms with Crippen molar-refractivity contribution >= 4 is 51.9 Å². The second-order valence-corrected chi connectivity index (χ2v) is 8.48. The molecule has 3 aromatic rings. The average Bonchev–Trinajstić information content (AvgIpc) is 2.86. The molecule has 1 aliphatic rings. The van der Waals surface area contributed by atoms with E-state index in [0.29, 0.717) is 54.4 Å². The lowest BCUT2D eigenvalue weighted by molar-refractivity contribution is -0.112. The monoisotopic (exact) mass is 496 g/mol. The van der Waals surface area contributed by atoms with Crippen molar-refractivity contribution in [3.05, 3.63) is 65.8 Å². The van der Waals surface area contributed by atoms with Gasteiger partial charge in [0.2, 0.25) is 11.9 Å². The fourth-order valence-corrected chi connectivity index (χ4v) is 3.98. The molecule has 182 valence electrons. The van der Waals surface area contributed by atoms with Gasteiger partial charge in [0.25, 0.3) is 0 Å². The second-order valence-electron chi connectivity index (χ2n) is 8.07. The van der Waals surface area contributed by atoms with Gasteiger partial charge >= 0.3 is 0 Å². The van der Waals surface area contributed by atoms with E-state index in [1.54, 1.807) is 31.4 Å². The number of halogens is 2. The number of nitrogens with two attached hydrogens (primary N) is 1. The van der Waals surface area contributed by atoms with Crippen LogP contribution in [0.1, 0.15) is 18.4 Å². The molecule has 1 aromatic heterocycles. The molecule has 0 atom stereocenters. The van der Waals surface area contributed by atoms with Gasteiger partial charge in [0.15, 0.2) is 5.82 Å². The minimum atomic E-state index is -0.736. The number of anilines is 5. The van der Waals surface area contributed by atoms with Crippen molar-refractivity contribution in [2.45, 2.75) is 19.0 Å². The predicted molar refractivity (Wildman–Crippen MR) is 138 cm³/mol. The second kappa shape index (κ2) is 10.6. The zero-order valence-electron chi connectivity index (χ0n) is 19.2. The Kier molecular flexibility index (Phi) is 7.36. The highest BCUT2D eigenvalue weighted by Crippen LogP contribution is 2.34. The summed E-state index contributed by atoms with van der Waals surface area (Å²) >= 11 is 6.33. The number of nitrogens with one attached hydrogen (secondary N) is 2. The van der Waals surface area contributed by atoms with Gasteiger partial charge in [-0.25, -0.2) is 9.37 Å². The van der Waals surface area contributed by atoms with E-state index >= 15 is 0 Å². The van der Waals surface area contributed by atoms with E-state index in [-0.39, 0.29) is 16.5 Å². The number of amides is 1. The van der Waals surface area contributed by atoms with E-state index < -0.39 is 12.1 Å². The van der Waals surface area contributed by atoms with Crippen molar-refractivity contribution in [3.8, 4) is 5.75 Å². The number of para-hydroxylation sites is 1. The highest BCUT2D eigenvalue weighted by Gasteiger charge is 2.20. The summed E-state index contributed by atoms with van der Waals surface area (Å²) in [6.45, 7) is 5.08. The van der Waals surface area contributed by atoms with E-state index in [9.17, 15) is 9.18 Å². The van der Waals surface area contributed by atoms with Gasteiger partial charge in [0.05, 0.1) is 19.0 Å². The number of alkyl halides is 1. The normalized spacial score (nSPS) is 13.9. The molecule has 1 amide bonds. The van der Waals surface area contributed by atoms with Crippen LogP contribution in [0.15, 0.2) is 55.2 Å². The molecule has 1 fully saturated rings. The number of benzene rings is 2. The topological polar surface area (TPSA) is 105 Å². The zero-order valence-corrected chi connectivity index (χ0v) is 20.0. The fraction of sp³-hybridized carbons (Fsp3) is 0.240. The van der Waals surface area contributed by atoms with Gasteiger partial charge in [-0.05, 0) is 31.0 Å². The molecule has 2 heterocycles. The Hall–Kier alpha value is -3.85. The van der Waals surface area contributed by atoms with Crippen molar-refractivity contribution in [1.29, 1.82) is 0 Å². The van der Waals surface area contributed by atoms with Gasteiger partial charge in [0.1, 0.15) is 16.9 Å². The third-order valence-electron chi connectivity index (χ3n) is 5.77. The Bertz CT molecular complexity index is 1250. The summed E-state index contributed by atoms with van der Waals surface area (Å²) in [6.07, 6.45) is 1.77. The summed E-state index contributed by atoms with van der Waals surface area (Å²) < 4.78 is 19.1. The third kappa shape index (κ3) is 5.63. The maximum atomic E-state index is 13.5. The van der Waals surface area contributed by atoms with Crippen LogP contribution in [0, 0.1) is 0 Å². The van der Waals surface area contributed by atoms with E-state index in [0.717, 1.165) is 5.69 Å². The molecular formula is C25H26ClFN6O2. The van der Waals surface area contributed by atoms with Gasteiger partial charge in [0, 0.05) is 41.7 Å². The van der Waals surface area contributed by atoms with Gasteiger partial charge in [-0.3, -0.25) is 4.79 Å². The van der Waals surface area contributed by atoms with Gasteiger partial charge in [-0.15, -0.1) is 0 Å². The standard InChI is InChI=1S/C25H26ClFN6O2/c1-15(23(28)34)18-5-3-4-6-20(18)30-24-19(26)14-29-25(32-24)31-21-8-7-17(13-22(21)35-2)33-11-9-16(27)10-12-33/h3-8,13-14,16H,1,9-12H2,2H3,(H2,28,34)(H2,29,30,31,32). The van der Waals surface area contributed by atoms with Crippen LogP contribution < -0.4 is 26.0 Å². The van der Waals surface area contributed by atoms with E-state index in [1.165, 1.54) is 6.20 Å². The fourth-order valence-electron chi connectivity index (χ4n) is 3.84. The molecule has 0 spiro atoms. The summed E-state index contributed by atoms with van der Waals surface area (Å²) in [5.74, 6) is 0.590. The first-order valence-electron chi connectivity index (χ1n) is 11.1. The van der Waals surface area contributed by atoms with Crippen molar-refractivity contribution in [2.75, 3.05) is 35.7 Å². The Morgan fingerprint density at radius 3 is 2.66 bits per heavy atom. The summed E-state index contributed by atoms with van der Waals surface area (Å²) in [5, 5.41) is 6.57. The molecule has 2 aromatic carbocycles. The number of aromatic nitrogens is 2. The van der Waals surface area contributed by atoms with Crippen LogP contribution in [0.4, 0.5) is 33.2 Å². The Balaban J connectivity index is 1.56. The van der Waals surface area contributed by atoms with Crippen molar-refractivity contribution < 1.29 is 13.9 Å². The number of ether oxygens (including phenoxy) is 1. The van der Waals surface area contributed by atoms with Crippen LogP contribution in [-0.4, -0.2) is 42.2 Å². The molecule has 8 nitrogen and oxygen atoms in total. The van der Waals surface area contributed by atoms with Crippen molar-refractivity contribution in [1.82, 2.24) is 9.97 Å². The van der Waals surface area contributed by atoms with Crippen LogP contribution in [-0.2, 0) is 4.79 Å². The molecule has 0 unspecified atom stereocenters. The molecular weight excluding hydrogens is 471 g/mol. The molecule has 0 radical (unpaired) electrons. The quantitative estimate of drug-likeness (QED) is 0.374. The lowest BCUT2D eigenvalue weighted by Gasteiger charge is -2.31. The number of nitrogens with zero attached hydrogens (tertiary/aromatic N) is 3. The lowest BCUT2D eigenvalue weighted by Crippen LogP contribution is -2.34. The molecule has 0 saturated carbocycles. The van der Waals surface area contributed by atoms with E-state index in [4.69, 9.17) is 22.1 Å². The third-order valence-corrected chi connectivity index (χ3v) is 6.04. The first-order valence-corrected chi connectivity index (χ1v) is 11.4. The molecule has 1 saturated heterocycles. The Morgan fingerprint density at radius 1 is 1.20 bits per heavy atom. The first-order chi connectivity index (χ1) is 16.9. The smallest absolute Gasteiger partial charge is 0.248 e. The molecule has 0 bridgehead atoms. The van der Waals surface area contributed by atoms with Crippen LogP contribution >= 0.6 is 11.6 Å². The minimum absolute atomic E-state index is 0.164. The average molecular weight is 497 g/mol. The van der Waals surface area contributed by atoms with E-state index in [1.807, 2.05) is 18.2 Å². The molecule has 10 heteroatoms. The number of methoxy groups -OCH3 is 1. The number of carbonyl (C=O) groups excluding carboxylic acids is 1. The summed E-state index contributed by atoms with van der Waals surface area (Å²) in [6, 6.07) is 12.8. The lowest BCUT2D eigenvalue weighted by atomic mass is 10.0. The number of hydrogen-bond donors (Lipinski definition) is 3. The number of hydrogen-bond acceptors (Lipinski definition) is 7. The van der Waals surface area contributed by atoms with Crippen LogP contribution in [0.25, 0.3) is 5.57 Å². The molecule has 1 aliphatic heterocycles. The molecule has 4 N–H and O–H groups in total. The molecule has 35 heavy (non-hydrogen) atoms. The molecule has 0 aliphatic carbocycles. The summed E-state index contributed by atoms with van der Waals surface area (Å²) in [5.41, 5.74) is 8.30. The van der Waals surface area contributed by atoms with Crippen molar-refractivity contribution in [2.24, 2.45) is 5.73 Å². The predicted octanol–water partition coefficient (Wildman–Crippen LogP) is 5.06. The highest BCUT2D eigenvalue weighted by atomic mass is 35.5. The SMILES string of the molecule is C=C(C(N)=O)c1ccccc1Nc1nc(Nc2ccc(N3CCC(F)CC3)cc2OC)ncc1Cl. The Labute approximate surface area is 208 Å². The van der Waals surface area contributed by atoms with Crippen molar-refractivity contribution in [3.63, 3.8) is 0 Å². The van der Waals surface area contributed by atoms with Gasteiger partial charge < -0.3 is 26.0 Å². The largest absolute Gasteiger partial charge is 0.494 e. The maximum Gasteiger partial charge on any atom is 0.248 e. The van der Waals surface area contributed by atoms with Crippen LogP contribution in [0.5, 0.6) is 5.75 Å². The number of carbonyl (C=O) groups is 1. The molecule has 4 rings (SSSR count). The minimum Gasteiger partial charge on any atom is -0.494 e. The van der Waals surface area contributed by atoms with Crippen LogP contribution in [0.3, 0.4) is 0 Å². The number of primary amides is 1. The van der Waals surface area contributed by atoms with Gasteiger partial charge in [-0.2, -0.15) is 4.98 Å². The van der Waals surface area contributed by atoms with E-state index in [2.05, 4.69) is 32.1 Å². The summed E-state index contributed by atoms with van der Waals surface area (Å²) in [4.78, 5) is 22.5.